The van der Waals surface area contributed by atoms with Crippen molar-refractivity contribution < 1.29 is 18.7 Å². The van der Waals surface area contributed by atoms with Crippen molar-refractivity contribution in [2.45, 2.75) is 33.5 Å². The fraction of sp³-hybridized carbons (Fsp3) is 0.600. The Morgan fingerprint density at radius 3 is 1.85 bits per heavy atom. The van der Waals surface area contributed by atoms with Crippen molar-refractivity contribution in [2.24, 2.45) is 11.8 Å². The van der Waals surface area contributed by atoms with E-state index in [4.69, 9.17) is 9.05 Å². The lowest BCUT2D eigenvalue weighted by atomic mass is 10.2. The van der Waals surface area contributed by atoms with Crippen molar-refractivity contribution in [1.82, 2.24) is 0 Å². The lowest BCUT2D eigenvalue weighted by molar-refractivity contribution is 0.124. The Hall–Kier alpha value is -0.670. The van der Waals surface area contributed by atoms with Crippen LogP contribution in [0.1, 0.15) is 39.1 Å². The van der Waals surface area contributed by atoms with Gasteiger partial charge in [-0.3, -0.25) is 4.57 Å². The summed E-state index contributed by atoms with van der Waals surface area (Å²) < 4.78 is 23.7. The first kappa shape index (κ1) is 17.4. The number of hydrogen-bond donors (Lipinski definition) is 1. The lowest BCUT2D eigenvalue weighted by Gasteiger charge is -2.25. The van der Waals surface area contributed by atoms with Crippen LogP contribution in [0.5, 0.6) is 0 Å². The minimum absolute atomic E-state index is 0.217. The minimum atomic E-state index is -3.58. The average Bonchev–Trinajstić information content (AvgIpc) is 2.43. The van der Waals surface area contributed by atoms with Crippen LogP contribution in [0.3, 0.4) is 0 Å². The maximum atomic E-state index is 12.8. The summed E-state index contributed by atoms with van der Waals surface area (Å²) in [5.74, 6) is -0.816. The van der Waals surface area contributed by atoms with Crippen LogP contribution in [0.2, 0.25) is 0 Å². The van der Waals surface area contributed by atoms with Gasteiger partial charge in [-0.25, -0.2) is 0 Å². The highest BCUT2D eigenvalue weighted by Gasteiger charge is 2.36. The molecule has 0 unspecified atom stereocenters. The van der Waals surface area contributed by atoms with E-state index in [1.807, 2.05) is 33.8 Å². The lowest BCUT2D eigenvalue weighted by Crippen LogP contribution is -2.11. The van der Waals surface area contributed by atoms with Gasteiger partial charge in [0.05, 0.1) is 13.2 Å². The molecular weight excluding hydrogens is 275 g/mol. The summed E-state index contributed by atoms with van der Waals surface area (Å²) in [4.78, 5) is 0. The SMILES string of the molecule is CC(C)COP(=O)(OCC(C)C)[C@@H](O)c1ccccc1. The van der Waals surface area contributed by atoms with Crippen molar-refractivity contribution in [1.29, 1.82) is 0 Å². The maximum absolute atomic E-state index is 12.8. The van der Waals surface area contributed by atoms with Crippen LogP contribution in [0, 0.1) is 11.8 Å². The monoisotopic (exact) mass is 300 g/mol. The fourth-order valence-corrected chi connectivity index (χ4v) is 3.40. The minimum Gasteiger partial charge on any atom is -0.376 e. The molecule has 0 radical (unpaired) electrons. The summed E-state index contributed by atoms with van der Waals surface area (Å²) in [5, 5.41) is 10.4. The van der Waals surface area contributed by atoms with Gasteiger partial charge in [-0.2, -0.15) is 0 Å². The third-order valence-corrected chi connectivity index (χ3v) is 4.49. The molecule has 1 N–H and O–H groups in total. The zero-order valence-corrected chi connectivity index (χ0v) is 13.5. The van der Waals surface area contributed by atoms with Crippen molar-refractivity contribution in [2.75, 3.05) is 13.2 Å². The number of aliphatic hydroxyl groups is 1. The largest absolute Gasteiger partial charge is 0.376 e. The van der Waals surface area contributed by atoms with E-state index in [1.165, 1.54) is 0 Å². The molecule has 1 aromatic carbocycles. The summed E-state index contributed by atoms with van der Waals surface area (Å²) in [6, 6.07) is 8.84. The Morgan fingerprint density at radius 2 is 1.45 bits per heavy atom. The highest BCUT2D eigenvalue weighted by molar-refractivity contribution is 7.54. The highest BCUT2D eigenvalue weighted by atomic mass is 31.2. The van der Waals surface area contributed by atoms with Crippen LogP contribution in [0.25, 0.3) is 0 Å². The molecule has 0 heterocycles. The van der Waals surface area contributed by atoms with Crippen LogP contribution in [-0.2, 0) is 13.6 Å². The highest BCUT2D eigenvalue weighted by Crippen LogP contribution is 2.60. The van der Waals surface area contributed by atoms with E-state index in [9.17, 15) is 9.67 Å². The van der Waals surface area contributed by atoms with E-state index < -0.39 is 13.4 Å². The first-order chi connectivity index (χ1) is 9.35. The summed E-state index contributed by atoms with van der Waals surface area (Å²) in [6.45, 7) is 8.42. The van der Waals surface area contributed by atoms with Gasteiger partial charge in [0.1, 0.15) is 0 Å². The Labute approximate surface area is 121 Å². The van der Waals surface area contributed by atoms with Gasteiger partial charge >= 0.3 is 7.60 Å². The van der Waals surface area contributed by atoms with E-state index in [2.05, 4.69) is 0 Å². The smallest absolute Gasteiger partial charge is 0.363 e. The van der Waals surface area contributed by atoms with Crippen LogP contribution in [0.4, 0.5) is 0 Å². The second-order valence-electron chi connectivity index (χ2n) is 5.70. The standard InChI is InChI=1S/C15H25O4P/c1-12(2)10-18-20(17,19-11-13(3)4)15(16)14-8-6-5-7-9-14/h5-9,12-13,15-16H,10-11H2,1-4H3/t15-/m1/s1. The van der Waals surface area contributed by atoms with E-state index in [-0.39, 0.29) is 11.8 Å². The maximum Gasteiger partial charge on any atom is 0.363 e. The topological polar surface area (TPSA) is 55.8 Å². The molecule has 4 nitrogen and oxygen atoms in total. The Balaban J connectivity index is 2.88. The molecule has 0 fully saturated rings. The van der Waals surface area contributed by atoms with Crippen LogP contribution >= 0.6 is 7.60 Å². The molecule has 5 heteroatoms. The van der Waals surface area contributed by atoms with E-state index in [0.717, 1.165) is 0 Å². The van der Waals surface area contributed by atoms with E-state index in [0.29, 0.717) is 18.8 Å². The van der Waals surface area contributed by atoms with Gasteiger partial charge in [0.2, 0.25) is 0 Å². The Morgan fingerprint density at radius 1 is 1.00 bits per heavy atom. The molecule has 1 atom stereocenters. The summed E-state index contributed by atoms with van der Waals surface area (Å²) in [7, 11) is -3.58. The van der Waals surface area contributed by atoms with Crippen LogP contribution in [0.15, 0.2) is 30.3 Å². The van der Waals surface area contributed by atoms with Gasteiger partial charge in [0.25, 0.3) is 0 Å². The zero-order chi connectivity index (χ0) is 15.2. The first-order valence-electron chi connectivity index (χ1n) is 6.97. The summed E-state index contributed by atoms with van der Waals surface area (Å²) in [5.41, 5.74) is 0.545. The van der Waals surface area contributed by atoms with E-state index in [1.54, 1.807) is 24.3 Å². The fourth-order valence-electron chi connectivity index (χ4n) is 1.49. The zero-order valence-electron chi connectivity index (χ0n) is 12.7. The van der Waals surface area contributed by atoms with Gasteiger partial charge in [0.15, 0.2) is 5.85 Å². The van der Waals surface area contributed by atoms with Gasteiger partial charge in [-0.1, -0.05) is 58.0 Å². The van der Waals surface area contributed by atoms with Crippen molar-refractivity contribution in [3.05, 3.63) is 35.9 Å². The summed E-state index contributed by atoms with van der Waals surface area (Å²) >= 11 is 0. The second-order valence-corrected chi connectivity index (χ2v) is 7.79. The normalized spacial score (nSPS) is 13.9. The Bertz CT molecular complexity index is 415. The molecule has 114 valence electrons. The van der Waals surface area contributed by atoms with Crippen molar-refractivity contribution in [3.8, 4) is 0 Å². The first-order valence-corrected chi connectivity index (χ1v) is 8.58. The molecule has 1 rings (SSSR count). The quantitative estimate of drug-likeness (QED) is 0.730. The van der Waals surface area contributed by atoms with Crippen molar-refractivity contribution in [3.63, 3.8) is 0 Å². The molecule has 0 saturated carbocycles. The molecule has 1 aromatic rings. The molecule has 0 aromatic heterocycles. The number of hydrogen-bond acceptors (Lipinski definition) is 4. The number of rotatable bonds is 8. The molecule has 0 bridgehead atoms. The van der Waals surface area contributed by atoms with Gasteiger partial charge < -0.3 is 14.2 Å². The number of benzene rings is 1. The molecule has 0 spiro atoms. The molecule has 0 aliphatic heterocycles. The predicted molar refractivity (Wildman–Crippen MR) is 80.6 cm³/mol. The predicted octanol–water partition coefficient (Wildman–Crippen LogP) is 4.22. The number of aliphatic hydroxyl groups excluding tert-OH is 1. The van der Waals surface area contributed by atoms with Crippen LogP contribution in [-0.4, -0.2) is 18.3 Å². The molecule has 20 heavy (non-hydrogen) atoms. The molecule has 0 aliphatic rings. The molecule has 0 aliphatic carbocycles. The van der Waals surface area contributed by atoms with Crippen molar-refractivity contribution >= 4 is 7.60 Å². The third kappa shape index (κ3) is 5.37. The Kier molecular flexibility index (Phi) is 6.90. The molecular formula is C15H25O4P. The molecule has 0 amide bonds. The van der Waals surface area contributed by atoms with Gasteiger partial charge in [0, 0.05) is 0 Å². The van der Waals surface area contributed by atoms with Crippen LogP contribution < -0.4 is 0 Å². The second kappa shape index (κ2) is 7.94. The third-order valence-electron chi connectivity index (χ3n) is 2.57. The van der Waals surface area contributed by atoms with Gasteiger partial charge in [-0.05, 0) is 17.4 Å². The van der Waals surface area contributed by atoms with Gasteiger partial charge in [-0.15, -0.1) is 0 Å². The average molecular weight is 300 g/mol. The molecule has 0 saturated heterocycles. The van der Waals surface area contributed by atoms with E-state index >= 15 is 0 Å². The summed E-state index contributed by atoms with van der Waals surface area (Å²) in [6.07, 6.45) is 0.